The standard InChI is InChI=1S/C15H19BrN2OS/c1-15(2,3)18-9-11-5-4-6-12(16)14(11)19-10-13-17-7-8-20-13/h4-8,18H,9-10H2,1-3H3. The molecule has 0 aliphatic carbocycles. The van der Waals surface area contributed by atoms with Crippen molar-refractivity contribution < 1.29 is 4.74 Å². The van der Waals surface area contributed by atoms with Gasteiger partial charge in [-0.2, -0.15) is 0 Å². The topological polar surface area (TPSA) is 34.1 Å². The van der Waals surface area contributed by atoms with Gasteiger partial charge in [0, 0.05) is 29.2 Å². The van der Waals surface area contributed by atoms with Crippen LogP contribution in [-0.2, 0) is 13.2 Å². The molecule has 1 aromatic heterocycles. The number of thiazole rings is 1. The highest BCUT2D eigenvalue weighted by Gasteiger charge is 2.13. The zero-order chi connectivity index (χ0) is 14.6. The van der Waals surface area contributed by atoms with Gasteiger partial charge < -0.3 is 10.1 Å². The molecule has 0 unspecified atom stereocenters. The summed E-state index contributed by atoms with van der Waals surface area (Å²) in [6.45, 7) is 7.74. The van der Waals surface area contributed by atoms with E-state index in [0.29, 0.717) is 6.61 Å². The van der Waals surface area contributed by atoms with Crippen molar-refractivity contribution in [2.24, 2.45) is 0 Å². The molecule has 0 radical (unpaired) electrons. The van der Waals surface area contributed by atoms with Crippen LogP contribution in [0.25, 0.3) is 0 Å². The van der Waals surface area contributed by atoms with E-state index in [1.807, 2.05) is 17.5 Å². The molecular formula is C15H19BrN2OS. The molecular weight excluding hydrogens is 336 g/mol. The Kier molecular flexibility index (Phi) is 5.18. The van der Waals surface area contributed by atoms with Gasteiger partial charge in [-0.05, 0) is 42.8 Å². The van der Waals surface area contributed by atoms with Crippen LogP contribution in [0.2, 0.25) is 0 Å². The van der Waals surface area contributed by atoms with E-state index < -0.39 is 0 Å². The quantitative estimate of drug-likeness (QED) is 0.865. The molecule has 108 valence electrons. The second-order valence-electron chi connectivity index (χ2n) is 5.55. The molecule has 1 heterocycles. The lowest BCUT2D eigenvalue weighted by molar-refractivity contribution is 0.297. The van der Waals surface area contributed by atoms with Gasteiger partial charge in [-0.15, -0.1) is 11.3 Å². The average Bonchev–Trinajstić information content (AvgIpc) is 2.87. The van der Waals surface area contributed by atoms with Crippen LogP contribution in [0.3, 0.4) is 0 Å². The summed E-state index contributed by atoms with van der Waals surface area (Å²) in [5.74, 6) is 0.888. The lowest BCUT2D eigenvalue weighted by Gasteiger charge is -2.22. The Bertz CT molecular complexity index is 549. The number of hydrogen-bond donors (Lipinski definition) is 1. The Hall–Kier alpha value is -0.910. The number of ether oxygens (including phenoxy) is 1. The van der Waals surface area contributed by atoms with Gasteiger partial charge in [-0.25, -0.2) is 4.98 Å². The summed E-state index contributed by atoms with van der Waals surface area (Å²) in [5.41, 5.74) is 1.22. The molecule has 0 atom stereocenters. The van der Waals surface area contributed by atoms with Crippen LogP contribution in [0, 0.1) is 0 Å². The summed E-state index contributed by atoms with van der Waals surface area (Å²) in [6.07, 6.45) is 1.80. The SMILES string of the molecule is CC(C)(C)NCc1cccc(Br)c1OCc1nccs1. The van der Waals surface area contributed by atoms with Crippen LogP contribution in [0.4, 0.5) is 0 Å². The predicted octanol–water partition coefficient (Wildman–Crippen LogP) is 4.37. The minimum absolute atomic E-state index is 0.0783. The second kappa shape index (κ2) is 6.70. The van der Waals surface area contributed by atoms with Gasteiger partial charge in [0.1, 0.15) is 17.4 Å². The normalized spacial score (nSPS) is 11.6. The Morgan fingerprint density at radius 1 is 1.35 bits per heavy atom. The van der Waals surface area contributed by atoms with Gasteiger partial charge in [0.25, 0.3) is 0 Å². The zero-order valence-corrected chi connectivity index (χ0v) is 14.3. The summed E-state index contributed by atoms with van der Waals surface area (Å²) in [5, 5.41) is 6.43. The number of rotatable bonds is 5. The molecule has 3 nitrogen and oxygen atoms in total. The van der Waals surface area contributed by atoms with E-state index in [0.717, 1.165) is 27.3 Å². The lowest BCUT2D eigenvalue weighted by atomic mass is 10.1. The third kappa shape index (κ3) is 4.58. The van der Waals surface area contributed by atoms with Gasteiger partial charge in [0.15, 0.2) is 0 Å². The van der Waals surface area contributed by atoms with Crippen LogP contribution in [0.1, 0.15) is 31.3 Å². The summed E-state index contributed by atoms with van der Waals surface area (Å²) in [4.78, 5) is 4.24. The van der Waals surface area contributed by atoms with Crippen molar-refractivity contribution in [1.29, 1.82) is 0 Å². The summed E-state index contributed by atoms with van der Waals surface area (Å²) < 4.78 is 6.91. The minimum Gasteiger partial charge on any atom is -0.485 e. The monoisotopic (exact) mass is 354 g/mol. The molecule has 0 amide bonds. The van der Waals surface area contributed by atoms with Gasteiger partial charge in [-0.1, -0.05) is 12.1 Å². The highest BCUT2D eigenvalue weighted by Crippen LogP contribution is 2.30. The number of halogens is 1. The lowest BCUT2D eigenvalue weighted by Crippen LogP contribution is -2.35. The molecule has 2 aromatic rings. The molecule has 1 aromatic carbocycles. The molecule has 0 saturated heterocycles. The molecule has 0 bridgehead atoms. The van der Waals surface area contributed by atoms with E-state index >= 15 is 0 Å². The third-order valence-electron chi connectivity index (χ3n) is 2.68. The summed E-state index contributed by atoms with van der Waals surface area (Å²) in [7, 11) is 0. The molecule has 0 aliphatic rings. The first-order valence-corrected chi connectivity index (χ1v) is 8.16. The van der Waals surface area contributed by atoms with E-state index in [-0.39, 0.29) is 5.54 Å². The van der Waals surface area contributed by atoms with E-state index in [9.17, 15) is 0 Å². The fraction of sp³-hybridized carbons (Fsp3) is 0.400. The second-order valence-corrected chi connectivity index (χ2v) is 7.38. The van der Waals surface area contributed by atoms with Crippen molar-refractivity contribution in [2.45, 2.75) is 39.5 Å². The fourth-order valence-electron chi connectivity index (χ4n) is 1.67. The molecule has 0 aliphatic heterocycles. The van der Waals surface area contributed by atoms with Crippen molar-refractivity contribution in [3.8, 4) is 5.75 Å². The van der Waals surface area contributed by atoms with Crippen molar-refractivity contribution >= 4 is 27.3 Å². The molecule has 1 N–H and O–H groups in total. The van der Waals surface area contributed by atoms with Crippen molar-refractivity contribution in [3.63, 3.8) is 0 Å². The maximum Gasteiger partial charge on any atom is 0.140 e. The molecule has 0 fully saturated rings. The zero-order valence-electron chi connectivity index (χ0n) is 11.9. The minimum atomic E-state index is 0.0783. The molecule has 20 heavy (non-hydrogen) atoms. The van der Waals surface area contributed by atoms with Crippen LogP contribution in [0.15, 0.2) is 34.2 Å². The van der Waals surface area contributed by atoms with E-state index in [1.165, 1.54) is 0 Å². The predicted molar refractivity (Wildman–Crippen MR) is 87.2 cm³/mol. The Labute approximate surface area is 132 Å². The number of aromatic nitrogens is 1. The fourth-order valence-corrected chi connectivity index (χ4v) is 2.72. The van der Waals surface area contributed by atoms with E-state index in [4.69, 9.17) is 4.74 Å². The largest absolute Gasteiger partial charge is 0.485 e. The molecule has 5 heteroatoms. The van der Waals surface area contributed by atoms with Crippen molar-refractivity contribution in [1.82, 2.24) is 10.3 Å². The maximum atomic E-state index is 5.94. The summed E-state index contributed by atoms with van der Waals surface area (Å²) in [6, 6.07) is 6.11. The Morgan fingerprint density at radius 2 is 2.15 bits per heavy atom. The number of nitrogens with one attached hydrogen (secondary N) is 1. The smallest absolute Gasteiger partial charge is 0.140 e. The van der Waals surface area contributed by atoms with Gasteiger partial charge in [0.2, 0.25) is 0 Å². The number of benzene rings is 1. The van der Waals surface area contributed by atoms with Crippen molar-refractivity contribution in [2.75, 3.05) is 0 Å². The Morgan fingerprint density at radius 3 is 2.80 bits per heavy atom. The number of para-hydroxylation sites is 1. The van der Waals surface area contributed by atoms with Crippen LogP contribution < -0.4 is 10.1 Å². The van der Waals surface area contributed by atoms with Crippen LogP contribution >= 0.6 is 27.3 Å². The first kappa shape index (κ1) is 15.5. The van der Waals surface area contributed by atoms with Gasteiger partial charge >= 0.3 is 0 Å². The molecule has 0 spiro atoms. The van der Waals surface area contributed by atoms with E-state index in [1.54, 1.807) is 17.5 Å². The first-order chi connectivity index (χ1) is 9.46. The number of hydrogen-bond acceptors (Lipinski definition) is 4. The molecule has 0 saturated carbocycles. The average molecular weight is 355 g/mol. The van der Waals surface area contributed by atoms with Crippen LogP contribution in [0.5, 0.6) is 5.75 Å². The van der Waals surface area contributed by atoms with Gasteiger partial charge in [0.05, 0.1) is 4.47 Å². The first-order valence-electron chi connectivity index (χ1n) is 6.49. The molecule has 2 rings (SSSR count). The van der Waals surface area contributed by atoms with Crippen LogP contribution in [-0.4, -0.2) is 10.5 Å². The number of nitrogens with zero attached hydrogens (tertiary/aromatic N) is 1. The highest BCUT2D eigenvalue weighted by molar-refractivity contribution is 9.10. The van der Waals surface area contributed by atoms with Crippen molar-refractivity contribution in [3.05, 3.63) is 44.8 Å². The van der Waals surface area contributed by atoms with E-state index in [2.05, 4.69) is 53.1 Å². The van der Waals surface area contributed by atoms with Gasteiger partial charge in [-0.3, -0.25) is 0 Å². The highest BCUT2D eigenvalue weighted by atomic mass is 79.9. The maximum absolute atomic E-state index is 5.94. The Balaban J connectivity index is 2.09. The summed E-state index contributed by atoms with van der Waals surface area (Å²) >= 11 is 5.17. The third-order valence-corrected chi connectivity index (χ3v) is 4.06.